The summed E-state index contributed by atoms with van der Waals surface area (Å²) in [4.78, 5) is 5.82. The first kappa shape index (κ1) is 16.1. The molecule has 1 aliphatic heterocycles. The van der Waals surface area contributed by atoms with Crippen LogP contribution in [-0.2, 0) is 12.7 Å². The van der Waals surface area contributed by atoms with Crippen LogP contribution in [0.5, 0.6) is 0 Å². The average Bonchev–Trinajstić information content (AvgIpc) is 2.70. The van der Waals surface area contributed by atoms with Gasteiger partial charge < -0.3 is 10.6 Å². The maximum atomic E-state index is 12.9. The van der Waals surface area contributed by atoms with Gasteiger partial charge in [-0.2, -0.15) is 13.2 Å². The molecule has 2 heterocycles. The Hall–Kier alpha value is -1.30. The van der Waals surface area contributed by atoms with Crippen molar-refractivity contribution in [1.29, 1.82) is 0 Å². The van der Waals surface area contributed by atoms with Gasteiger partial charge in [0.25, 0.3) is 0 Å². The maximum Gasteiger partial charge on any atom is 0.433 e. The number of halogens is 3. The molecule has 1 aliphatic rings. The number of alkyl halides is 3. The van der Waals surface area contributed by atoms with Crippen LogP contribution in [0.2, 0.25) is 0 Å². The molecule has 1 aromatic heterocycles. The van der Waals surface area contributed by atoms with Crippen molar-refractivity contribution >= 4 is 5.82 Å². The maximum absolute atomic E-state index is 12.9. The third-order valence-electron chi connectivity index (χ3n) is 4.19. The van der Waals surface area contributed by atoms with E-state index in [1.807, 2.05) is 4.90 Å². The fourth-order valence-corrected chi connectivity index (χ4v) is 2.85. The molecule has 0 amide bonds. The van der Waals surface area contributed by atoms with Gasteiger partial charge in [-0.15, -0.1) is 0 Å². The minimum atomic E-state index is -4.42. The van der Waals surface area contributed by atoms with Gasteiger partial charge in [0.05, 0.1) is 0 Å². The molecule has 0 saturated carbocycles. The van der Waals surface area contributed by atoms with E-state index in [-0.39, 0.29) is 6.54 Å². The SMILES string of the molecule is CCC1CCCN(c2nc(C(F)(F)F)ccc2CN)CC1. The van der Waals surface area contributed by atoms with Crippen LogP contribution in [0.1, 0.15) is 43.9 Å². The van der Waals surface area contributed by atoms with Crippen molar-refractivity contribution in [3.63, 3.8) is 0 Å². The highest BCUT2D eigenvalue weighted by molar-refractivity contribution is 5.48. The van der Waals surface area contributed by atoms with E-state index >= 15 is 0 Å². The van der Waals surface area contributed by atoms with E-state index in [0.717, 1.165) is 44.8 Å². The van der Waals surface area contributed by atoms with Gasteiger partial charge in [-0.3, -0.25) is 0 Å². The average molecular weight is 301 g/mol. The number of pyridine rings is 1. The van der Waals surface area contributed by atoms with E-state index in [1.54, 1.807) is 0 Å². The first-order chi connectivity index (χ1) is 9.95. The molecule has 0 aliphatic carbocycles. The van der Waals surface area contributed by atoms with Crippen LogP contribution in [0.15, 0.2) is 12.1 Å². The molecule has 1 unspecified atom stereocenters. The van der Waals surface area contributed by atoms with Crippen molar-refractivity contribution in [2.24, 2.45) is 11.7 Å². The Labute approximate surface area is 123 Å². The first-order valence-corrected chi connectivity index (χ1v) is 7.47. The molecule has 1 aromatic rings. The van der Waals surface area contributed by atoms with E-state index in [2.05, 4.69) is 11.9 Å². The molecular formula is C15H22F3N3. The fraction of sp³-hybridized carbons (Fsp3) is 0.667. The Bertz CT molecular complexity index is 474. The molecule has 1 atom stereocenters. The molecule has 21 heavy (non-hydrogen) atoms. The molecule has 2 rings (SSSR count). The zero-order valence-corrected chi connectivity index (χ0v) is 12.3. The van der Waals surface area contributed by atoms with Crippen LogP contribution in [0, 0.1) is 5.92 Å². The normalized spacial score (nSPS) is 20.4. The summed E-state index contributed by atoms with van der Waals surface area (Å²) >= 11 is 0. The first-order valence-electron chi connectivity index (χ1n) is 7.47. The molecule has 0 bridgehead atoms. The highest BCUT2D eigenvalue weighted by atomic mass is 19.4. The van der Waals surface area contributed by atoms with E-state index in [4.69, 9.17) is 5.73 Å². The summed E-state index contributed by atoms with van der Waals surface area (Å²) in [6.07, 6.45) is -0.184. The van der Waals surface area contributed by atoms with Gasteiger partial charge in [0.15, 0.2) is 0 Å². The lowest BCUT2D eigenvalue weighted by molar-refractivity contribution is -0.141. The summed E-state index contributed by atoms with van der Waals surface area (Å²) in [5.41, 5.74) is 5.50. The molecule has 6 heteroatoms. The number of hydrogen-bond acceptors (Lipinski definition) is 3. The summed E-state index contributed by atoms with van der Waals surface area (Å²) in [7, 11) is 0. The van der Waals surface area contributed by atoms with Crippen molar-refractivity contribution in [3.05, 3.63) is 23.4 Å². The van der Waals surface area contributed by atoms with Crippen LogP contribution in [0.3, 0.4) is 0 Å². The lowest BCUT2D eigenvalue weighted by Crippen LogP contribution is -2.28. The molecule has 0 spiro atoms. The van der Waals surface area contributed by atoms with Gasteiger partial charge in [0.2, 0.25) is 0 Å². The molecule has 118 valence electrons. The number of anilines is 1. The summed E-state index contributed by atoms with van der Waals surface area (Å²) in [5.74, 6) is 1.06. The van der Waals surface area contributed by atoms with Crippen molar-refractivity contribution in [3.8, 4) is 0 Å². The molecule has 3 nitrogen and oxygen atoms in total. The number of hydrogen-bond donors (Lipinski definition) is 1. The molecule has 0 radical (unpaired) electrons. The van der Waals surface area contributed by atoms with Crippen molar-refractivity contribution in [1.82, 2.24) is 4.98 Å². The molecular weight excluding hydrogens is 279 g/mol. The molecule has 2 N–H and O–H groups in total. The lowest BCUT2D eigenvalue weighted by atomic mass is 9.98. The highest BCUT2D eigenvalue weighted by Crippen LogP contribution is 2.32. The van der Waals surface area contributed by atoms with Gasteiger partial charge in [0, 0.05) is 25.2 Å². The second-order valence-electron chi connectivity index (χ2n) is 5.57. The van der Waals surface area contributed by atoms with Crippen LogP contribution in [0.25, 0.3) is 0 Å². The minimum absolute atomic E-state index is 0.203. The number of rotatable bonds is 3. The quantitative estimate of drug-likeness (QED) is 0.928. The molecule has 0 aromatic carbocycles. The number of aromatic nitrogens is 1. The summed E-state index contributed by atoms with van der Waals surface area (Å²) in [5, 5.41) is 0. The van der Waals surface area contributed by atoms with Crippen molar-refractivity contribution in [2.75, 3.05) is 18.0 Å². The van der Waals surface area contributed by atoms with Crippen LogP contribution in [-0.4, -0.2) is 18.1 Å². The van der Waals surface area contributed by atoms with Gasteiger partial charge in [-0.1, -0.05) is 19.4 Å². The smallest absolute Gasteiger partial charge is 0.356 e. The van der Waals surface area contributed by atoms with Crippen LogP contribution >= 0.6 is 0 Å². The van der Waals surface area contributed by atoms with Crippen LogP contribution in [0.4, 0.5) is 19.0 Å². The summed E-state index contributed by atoms with van der Waals surface area (Å²) < 4.78 is 38.6. The van der Waals surface area contributed by atoms with Gasteiger partial charge in [-0.25, -0.2) is 4.98 Å². The topological polar surface area (TPSA) is 42.2 Å². The Kier molecular flexibility index (Phi) is 5.08. The largest absolute Gasteiger partial charge is 0.433 e. The van der Waals surface area contributed by atoms with Crippen molar-refractivity contribution < 1.29 is 13.2 Å². The van der Waals surface area contributed by atoms with E-state index in [1.165, 1.54) is 6.07 Å². The fourth-order valence-electron chi connectivity index (χ4n) is 2.85. The van der Waals surface area contributed by atoms with Gasteiger partial charge >= 0.3 is 6.18 Å². The predicted octanol–water partition coefficient (Wildman–Crippen LogP) is 3.58. The molecule has 1 saturated heterocycles. The van der Waals surface area contributed by atoms with E-state index < -0.39 is 11.9 Å². The molecule has 1 fully saturated rings. The predicted molar refractivity (Wildman–Crippen MR) is 77.0 cm³/mol. The summed E-state index contributed by atoms with van der Waals surface area (Å²) in [6, 6.07) is 2.46. The zero-order chi connectivity index (χ0) is 15.5. The van der Waals surface area contributed by atoms with Crippen LogP contribution < -0.4 is 10.6 Å². The Morgan fingerprint density at radius 3 is 2.67 bits per heavy atom. The third kappa shape index (κ3) is 3.87. The Balaban J connectivity index is 2.28. The van der Waals surface area contributed by atoms with E-state index in [0.29, 0.717) is 17.3 Å². The zero-order valence-electron chi connectivity index (χ0n) is 12.3. The second kappa shape index (κ2) is 6.64. The Morgan fingerprint density at radius 1 is 1.29 bits per heavy atom. The summed E-state index contributed by atoms with van der Waals surface area (Å²) in [6.45, 7) is 3.86. The highest BCUT2D eigenvalue weighted by Gasteiger charge is 2.33. The third-order valence-corrected chi connectivity index (χ3v) is 4.19. The van der Waals surface area contributed by atoms with Gasteiger partial charge in [0.1, 0.15) is 11.5 Å². The standard InChI is InChI=1S/C15H22F3N3/c1-2-11-4-3-8-21(9-7-11)14-12(10-19)5-6-13(20-14)15(16,17)18/h5-6,11H,2-4,7-10,19H2,1H3. The second-order valence-corrected chi connectivity index (χ2v) is 5.57. The van der Waals surface area contributed by atoms with Gasteiger partial charge in [-0.05, 0) is 31.2 Å². The monoisotopic (exact) mass is 301 g/mol. The number of nitrogens with zero attached hydrogens (tertiary/aromatic N) is 2. The minimum Gasteiger partial charge on any atom is -0.356 e. The lowest BCUT2D eigenvalue weighted by Gasteiger charge is -2.25. The van der Waals surface area contributed by atoms with E-state index in [9.17, 15) is 13.2 Å². The van der Waals surface area contributed by atoms with Crippen molar-refractivity contribution in [2.45, 2.75) is 45.3 Å². The Morgan fingerprint density at radius 2 is 2.05 bits per heavy atom. The number of nitrogens with two attached hydrogens (primary N) is 1.